The van der Waals surface area contributed by atoms with Crippen molar-refractivity contribution in [2.45, 2.75) is 20.0 Å². The van der Waals surface area contributed by atoms with Crippen LogP contribution in [-0.2, 0) is 13.0 Å². The van der Waals surface area contributed by atoms with Gasteiger partial charge in [0.05, 0.1) is 11.5 Å². The minimum Gasteiger partial charge on any atom is -0.392 e. The first-order valence-corrected chi connectivity index (χ1v) is 6.64. The highest BCUT2D eigenvalue weighted by Gasteiger charge is 2.09. The predicted octanol–water partition coefficient (Wildman–Crippen LogP) is 3.06. The van der Waals surface area contributed by atoms with E-state index in [2.05, 4.69) is 12.2 Å². The van der Waals surface area contributed by atoms with Crippen LogP contribution in [0, 0.1) is 0 Å². The molecule has 0 radical (unpaired) electrons. The Morgan fingerprint density at radius 3 is 2.83 bits per heavy atom. The molecule has 0 bridgehead atoms. The minimum absolute atomic E-state index is 0.0251. The van der Waals surface area contributed by atoms with Crippen molar-refractivity contribution in [2.75, 3.05) is 5.32 Å². The van der Waals surface area contributed by atoms with Crippen LogP contribution in [0.3, 0.4) is 0 Å². The second kappa shape index (κ2) is 5.80. The van der Waals surface area contributed by atoms with Crippen molar-refractivity contribution in [3.05, 3.63) is 51.7 Å². The van der Waals surface area contributed by atoms with Crippen molar-refractivity contribution in [3.8, 4) is 0 Å². The van der Waals surface area contributed by atoms with Crippen LogP contribution in [0.1, 0.15) is 27.0 Å². The van der Waals surface area contributed by atoms with Crippen molar-refractivity contribution >= 4 is 22.9 Å². The lowest BCUT2D eigenvalue weighted by atomic mass is 10.2. The number of carbonyl (C=O) groups excluding carboxylic acids is 1. The molecule has 3 nitrogen and oxygen atoms in total. The van der Waals surface area contributed by atoms with E-state index in [9.17, 15) is 4.79 Å². The van der Waals surface area contributed by atoms with Gasteiger partial charge in [0, 0.05) is 10.6 Å². The highest BCUT2D eigenvalue weighted by molar-refractivity contribution is 7.14. The summed E-state index contributed by atoms with van der Waals surface area (Å²) >= 11 is 1.51. The molecule has 0 spiro atoms. The first-order valence-electron chi connectivity index (χ1n) is 5.82. The predicted molar refractivity (Wildman–Crippen MR) is 74.0 cm³/mol. The average Bonchev–Trinajstić information content (AvgIpc) is 2.88. The van der Waals surface area contributed by atoms with Crippen molar-refractivity contribution in [1.82, 2.24) is 0 Å². The van der Waals surface area contributed by atoms with E-state index >= 15 is 0 Å². The number of carbonyl (C=O) groups is 1. The number of amides is 1. The van der Waals surface area contributed by atoms with Gasteiger partial charge in [0.2, 0.25) is 0 Å². The summed E-state index contributed by atoms with van der Waals surface area (Å²) < 4.78 is 0. The number of aliphatic hydroxyl groups is 1. The van der Waals surface area contributed by atoms with Crippen molar-refractivity contribution in [1.29, 1.82) is 0 Å². The van der Waals surface area contributed by atoms with Crippen LogP contribution in [0.4, 0.5) is 5.69 Å². The van der Waals surface area contributed by atoms with E-state index in [0.717, 1.165) is 12.0 Å². The van der Waals surface area contributed by atoms with E-state index in [0.29, 0.717) is 10.6 Å². The Bertz CT molecular complexity index is 548. The molecule has 2 rings (SSSR count). The van der Waals surface area contributed by atoms with Crippen LogP contribution in [-0.4, -0.2) is 11.0 Å². The SMILES string of the molecule is CCc1ccc(C(=O)Nc2cccc(CO)c2)s1. The van der Waals surface area contributed by atoms with Crippen molar-refractivity contribution in [2.24, 2.45) is 0 Å². The van der Waals surface area contributed by atoms with Crippen LogP contribution in [0.5, 0.6) is 0 Å². The molecule has 0 saturated carbocycles. The van der Waals surface area contributed by atoms with Gasteiger partial charge in [0.25, 0.3) is 5.91 Å². The average molecular weight is 261 g/mol. The molecular formula is C14H15NO2S. The first-order chi connectivity index (χ1) is 8.72. The van der Waals surface area contributed by atoms with Crippen LogP contribution in [0.15, 0.2) is 36.4 Å². The lowest BCUT2D eigenvalue weighted by Crippen LogP contribution is -2.10. The van der Waals surface area contributed by atoms with Gasteiger partial charge in [-0.2, -0.15) is 0 Å². The van der Waals surface area contributed by atoms with Gasteiger partial charge in [-0.3, -0.25) is 4.79 Å². The van der Waals surface area contributed by atoms with E-state index in [1.165, 1.54) is 16.2 Å². The zero-order chi connectivity index (χ0) is 13.0. The largest absolute Gasteiger partial charge is 0.392 e. The molecular weight excluding hydrogens is 246 g/mol. The number of aryl methyl sites for hydroxylation is 1. The van der Waals surface area contributed by atoms with Gasteiger partial charge in [0.15, 0.2) is 0 Å². The number of hydrogen-bond donors (Lipinski definition) is 2. The van der Waals surface area contributed by atoms with E-state index in [1.54, 1.807) is 6.07 Å². The second-order valence-electron chi connectivity index (χ2n) is 3.93. The number of nitrogens with one attached hydrogen (secondary N) is 1. The fourth-order valence-electron chi connectivity index (χ4n) is 1.63. The molecule has 94 valence electrons. The third kappa shape index (κ3) is 2.97. The fourth-order valence-corrected chi connectivity index (χ4v) is 2.47. The van der Waals surface area contributed by atoms with E-state index in [4.69, 9.17) is 5.11 Å². The summed E-state index contributed by atoms with van der Waals surface area (Å²) in [6.07, 6.45) is 0.942. The molecule has 0 fully saturated rings. The topological polar surface area (TPSA) is 49.3 Å². The third-order valence-corrected chi connectivity index (χ3v) is 3.83. The molecule has 4 heteroatoms. The summed E-state index contributed by atoms with van der Waals surface area (Å²) in [7, 11) is 0. The molecule has 0 aliphatic rings. The quantitative estimate of drug-likeness (QED) is 0.888. The molecule has 1 aromatic carbocycles. The summed E-state index contributed by atoms with van der Waals surface area (Å²) in [6, 6.07) is 11.0. The number of anilines is 1. The van der Waals surface area contributed by atoms with Gasteiger partial charge >= 0.3 is 0 Å². The van der Waals surface area contributed by atoms with Gasteiger partial charge in [-0.05, 0) is 36.2 Å². The van der Waals surface area contributed by atoms with E-state index in [-0.39, 0.29) is 12.5 Å². The molecule has 18 heavy (non-hydrogen) atoms. The maximum Gasteiger partial charge on any atom is 0.265 e. The molecule has 2 N–H and O–H groups in total. The maximum atomic E-state index is 12.0. The van der Waals surface area contributed by atoms with Crippen LogP contribution >= 0.6 is 11.3 Å². The molecule has 1 heterocycles. The zero-order valence-corrected chi connectivity index (χ0v) is 11.0. The maximum absolute atomic E-state index is 12.0. The third-order valence-electron chi connectivity index (χ3n) is 2.60. The summed E-state index contributed by atoms with van der Waals surface area (Å²) in [5.41, 5.74) is 1.49. The van der Waals surface area contributed by atoms with Gasteiger partial charge in [0.1, 0.15) is 0 Å². The molecule has 0 atom stereocenters. The molecule has 0 saturated heterocycles. The molecule has 0 unspecified atom stereocenters. The Morgan fingerprint density at radius 1 is 1.33 bits per heavy atom. The van der Waals surface area contributed by atoms with Crippen molar-refractivity contribution < 1.29 is 9.90 Å². The normalized spacial score (nSPS) is 10.3. The smallest absolute Gasteiger partial charge is 0.265 e. The molecule has 0 aliphatic heterocycles. The first kappa shape index (κ1) is 12.8. The molecule has 0 aliphatic carbocycles. The number of thiophene rings is 1. The molecule has 2 aromatic rings. The van der Waals surface area contributed by atoms with Gasteiger partial charge in [-0.25, -0.2) is 0 Å². The highest BCUT2D eigenvalue weighted by Crippen LogP contribution is 2.19. The molecule has 1 aromatic heterocycles. The lowest BCUT2D eigenvalue weighted by molar-refractivity contribution is 0.103. The van der Waals surface area contributed by atoms with Crippen LogP contribution < -0.4 is 5.32 Å². The van der Waals surface area contributed by atoms with Crippen LogP contribution in [0.25, 0.3) is 0 Å². The summed E-state index contributed by atoms with van der Waals surface area (Å²) in [4.78, 5) is 13.9. The monoisotopic (exact) mass is 261 g/mol. The summed E-state index contributed by atoms with van der Waals surface area (Å²) in [6.45, 7) is 2.04. The zero-order valence-electron chi connectivity index (χ0n) is 10.1. The van der Waals surface area contributed by atoms with Gasteiger partial charge < -0.3 is 10.4 Å². The molecule has 1 amide bonds. The standard InChI is InChI=1S/C14H15NO2S/c1-2-12-6-7-13(18-12)14(17)15-11-5-3-4-10(8-11)9-16/h3-8,16H,2,9H2,1H3,(H,15,17). The Hall–Kier alpha value is -1.65. The van der Waals surface area contributed by atoms with E-state index < -0.39 is 0 Å². The minimum atomic E-state index is -0.102. The summed E-state index contributed by atoms with van der Waals surface area (Å²) in [5.74, 6) is -0.102. The second-order valence-corrected chi connectivity index (χ2v) is 5.10. The number of rotatable bonds is 4. The Balaban J connectivity index is 2.10. The highest BCUT2D eigenvalue weighted by atomic mass is 32.1. The van der Waals surface area contributed by atoms with Crippen molar-refractivity contribution in [3.63, 3.8) is 0 Å². The van der Waals surface area contributed by atoms with Crippen LogP contribution in [0.2, 0.25) is 0 Å². The van der Waals surface area contributed by atoms with Gasteiger partial charge in [-0.1, -0.05) is 19.1 Å². The number of benzene rings is 1. The lowest BCUT2D eigenvalue weighted by Gasteiger charge is -2.04. The number of aliphatic hydroxyl groups excluding tert-OH is 1. The van der Waals surface area contributed by atoms with E-state index in [1.807, 2.05) is 30.3 Å². The fraction of sp³-hybridized carbons (Fsp3) is 0.214. The summed E-state index contributed by atoms with van der Waals surface area (Å²) in [5, 5.41) is 11.9. The Labute approximate surface area is 110 Å². The van der Waals surface area contributed by atoms with Gasteiger partial charge in [-0.15, -0.1) is 11.3 Å². The Kier molecular flexibility index (Phi) is 4.12. The Morgan fingerprint density at radius 2 is 2.17 bits per heavy atom. The number of hydrogen-bond acceptors (Lipinski definition) is 3.